The van der Waals surface area contributed by atoms with E-state index in [1.165, 1.54) is 25.3 Å². The fourth-order valence-electron chi connectivity index (χ4n) is 3.10. The van der Waals surface area contributed by atoms with Crippen LogP contribution in [-0.2, 0) is 6.42 Å². The van der Waals surface area contributed by atoms with Crippen LogP contribution < -0.4 is 9.47 Å². The maximum absolute atomic E-state index is 12.8. The van der Waals surface area contributed by atoms with E-state index >= 15 is 0 Å². The van der Waals surface area contributed by atoms with E-state index in [0.29, 0.717) is 23.3 Å². The second-order valence-electron chi connectivity index (χ2n) is 6.71. The molecule has 2 unspecified atom stereocenters. The van der Waals surface area contributed by atoms with Crippen LogP contribution in [0.15, 0.2) is 42.0 Å². The summed E-state index contributed by atoms with van der Waals surface area (Å²) in [7, 11) is 1.48. The molecule has 0 fully saturated rings. The Hall–Kier alpha value is -2.99. The first-order valence-electron chi connectivity index (χ1n) is 8.57. The predicted octanol–water partition coefficient (Wildman–Crippen LogP) is 3.29. The normalized spacial score (nSPS) is 18.4. The Morgan fingerprint density at radius 3 is 2.48 bits per heavy atom. The van der Waals surface area contributed by atoms with Gasteiger partial charge in [-0.3, -0.25) is 4.79 Å². The standard InChI is InChI=1S/C21H22O6/c1-11(2)4-9-14-16(26-3)10-15(23)17-18(24)19(25)20(27-21(14)17)12-5-7-13(22)8-6-12/h4-8,10,19-20,22-23,25H,9H2,1-3H3. The van der Waals surface area contributed by atoms with Crippen LogP contribution in [0.4, 0.5) is 0 Å². The summed E-state index contributed by atoms with van der Waals surface area (Å²) in [6, 6.07) is 7.44. The van der Waals surface area contributed by atoms with Crippen molar-refractivity contribution in [1.29, 1.82) is 0 Å². The van der Waals surface area contributed by atoms with Gasteiger partial charge in [-0.15, -0.1) is 0 Å². The first-order valence-corrected chi connectivity index (χ1v) is 8.57. The second-order valence-corrected chi connectivity index (χ2v) is 6.71. The van der Waals surface area contributed by atoms with Crippen LogP contribution in [-0.4, -0.2) is 34.3 Å². The second kappa shape index (κ2) is 7.32. The van der Waals surface area contributed by atoms with E-state index in [0.717, 1.165) is 5.57 Å². The Bertz CT molecular complexity index is 894. The largest absolute Gasteiger partial charge is 0.508 e. The average Bonchev–Trinajstić information content (AvgIpc) is 2.63. The van der Waals surface area contributed by atoms with Crippen LogP contribution in [0.3, 0.4) is 0 Å². The molecule has 6 heteroatoms. The predicted molar refractivity (Wildman–Crippen MR) is 99.6 cm³/mol. The lowest BCUT2D eigenvalue weighted by molar-refractivity contribution is 0.0206. The smallest absolute Gasteiger partial charge is 0.202 e. The molecule has 0 radical (unpaired) electrons. The number of ketones is 1. The molecule has 0 aromatic heterocycles. The minimum absolute atomic E-state index is 0.0458. The number of carbonyl (C=O) groups is 1. The molecule has 0 spiro atoms. The monoisotopic (exact) mass is 370 g/mol. The lowest BCUT2D eigenvalue weighted by atomic mass is 9.90. The molecule has 0 amide bonds. The van der Waals surface area contributed by atoms with Crippen LogP contribution in [0.2, 0.25) is 0 Å². The zero-order valence-electron chi connectivity index (χ0n) is 15.4. The number of allylic oxidation sites excluding steroid dienone is 2. The summed E-state index contributed by atoms with van der Waals surface area (Å²) in [5, 5.41) is 30.3. The number of Topliss-reactive ketones (excluding diaryl/α,β-unsaturated/α-hetero) is 1. The van der Waals surface area contributed by atoms with Crippen molar-refractivity contribution in [3.63, 3.8) is 0 Å². The quantitative estimate of drug-likeness (QED) is 0.715. The molecule has 0 bridgehead atoms. The van der Waals surface area contributed by atoms with E-state index in [4.69, 9.17) is 9.47 Å². The van der Waals surface area contributed by atoms with Gasteiger partial charge in [0.25, 0.3) is 0 Å². The van der Waals surface area contributed by atoms with Crippen molar-refractivity contribution < 1.29 is 29.6 Å². The van der Waals surface area contributed by atoms with Crippen molar-refractivity contribution in [3.05, 3.63) is 58.7 Å². The molecule has 3 rings (SSSR count). The molecule has 2 aromatic rings. The Morgan fingerprint density at radius 2 is 1.89 bits per heavy atom. The Balaban J connectivity index is 2.15. The molecule has 2 aromatic carbocycles. The average molecular weight is 370 g/mol. The minimum Gasteiger partial charge on any atom is -0.508 e. The van der Waals surface area contributed by atoms with Gasteiger partial charge >= 0.3 is 0 Å². The fraction of sp³-hybridized carbons (Fsp3) is 0.286. The van der Waals surface area contributed by atoms with Gasteiger partial charge in [-0.05, 0) is 38.0 Å². The Labute approximate surface area is 157 Å². The number of carbonyl (C=O) groups excluding carboxylic acids is 1. The highest BCUT2D eigenvalue weighted by atomic mass is 16.5. The Kier molecular flexibility index (Phi) is 5.10. The van der Waals surface area contributed by atoms with Crippen molar-refractivity contribution in [2.75, 3.05) is 7.11 Å². The SMILES string of the molecule is COc1cc(O)c2c(c1CC=C(C)C)OC(c1ccc(O)cc1)C(O)C2=O. The van der Waals surface area contributed by atoms with Crippen LogP contribution in [0.5, 0.6) is 23.0 Å². The third kappa shape index (κ3) is 3.48. The molecule has 142 valence electrons. The van der Waals surface area contributed by atoms with E-state index in [9.17, 15) is 20.1 Å². The number of hydrogen-bond donors (Lipinski definition) is 3. The summed E-state index contributed by atoms with van der Waals surface area (Å²) >= 11 is 0. The number of ether oxygens (including phenoxy) is 2. The van der Waals surface area contributed by atoms with Crippen LogP contribution >= 0.6 is 0 Å². The third-order valence-corrected chi connectivity index (χ3v) is 4.53. The highest BCUT2D eigenvalue weighted by molar-refractivity contribution is 6.06. The molecule has 0 saturated carbocycles. The van der Waals surface area contributed by atoms with Gasteiger partial charge < -0.3 is 24.8 Å². The molecule has 2 atom stereocenters. The molecule has 0 aliphatic carbocycles. The van der Waals surface area contributed by atoms with E-state index in [-0.39, 0.29) is 22.8 Å². The molecule has 0 saturated heterocycles. The lowest BCUT2D eigenvalue weighted by Gasteiger charge is -2.32. The van der Waals surface area contributed by atoms with E-state index in [2.05, 4.69) is 0 Å². The summed E-state index contributed by atoms with van der Waals surface area (Å²) in [6.07, 6.45) is -0.0242. The molecular formula is C21H22O6. The molecule has 1 aliphatic heterocycles. The van der Waals surface area contributed by atoms with Crippen molar-refractivity contribution in [2.45, 2.75) is 32.5 Å². The zero-order chi connectivity index (χ0) is 19.7. The maximum atomic E-state index is 12.8. The number of methoxy groups -OCH3 is 1. The summed E-state index contributed by atoms with van der Waals surface area (Å²) in [6.45, 7) is 3.91. The number of aromatic hydroxyl groups is 2. The van der Waals surface area contributed by atoms with Crippen molar-refractivity contribution >= 4 is 5.78 Å². The van der Waals surface area contributed by atoms with Crippen molar-refractivity contribution in [2.24, 2.45) is 0 Å². The Morgan fingerprint density at radius 1 is 1.22 bits per heavy atom. The van der Waals surface area contributed by atoms with E-state index in [1.54, 1.807) is 12.1 Å². The van der Waals surface area contributed by atoms with Crippen LogP contribution in [0, 0.1) is 0 Å². The number of hydrogen-bond acceptors (Lipinski definition) is 6. The fourth-order valence-corrected chi connectivity index (χ4v) is 3.10. The number of fused-ring (bicyclic) bond motifs is 1. The number of benzene rings is 2. The van der Waals surface area contributed by atoms with Gasteiger partial charge in [0.05, 0.1) is 7.11 Å². The van der Waals surface area contributed by atoms with Crippen LogP contribution in [0.1, 0.15) is 41.4 Å². The number of aliphatic hydroxyl groups excluding tert-OH is 1. The van der Waals surface area contributed by atoms with Gasteiger partial charge in [0, 0.05) is 11.6 Å². The van der Waals surface area contributed by atoms with Crippen molar-refractivity contribution in [3.8, 4) is 23.0 Å². The zero-order valence-corrected chi connectivity index (χ0v) is 15.4. The molecule has 1 heterocycles. The number of phenols is 2. The number of aliphatic hydroxyl groups is 1. The lowest BCUT2D eigenvalue weighted by Crippen LogP contribution is -2.36. The molecule has 1 aliphatic rings. The van der Waals surface area contributed by atoms with Crippen LogP contribution in [0.25, 0.3) is 0 Å². The topological polar surface area (TPSA) is 96.2 Å². The highest BCUT2D eigenvalue weighted by Crippen LogP contribution is 2.46. The third-order valence-electron chi connectivity index (χ3n) is 4.53. The molecule has 3 N–H and O–H groups in total. The summed E-state index contributed by atoms with van der Waals surface area (Å²) in [5.41, 5.74) is 2.19. The summed E-state index contributed by atoms with van der Waals surface area (Å²) < 4.78 is 11.4. The summed E-state index contributed by atoms with van der Waals surface area (Å²) in [4.78, 5) is 12.8. The van der Waals surface area contributed by atoms with Gasteiger partial charge in [0.2, 0.25) is 5.78 Å². The molecular weight excluding hydrogens is 348 g/mol. The summed E-state index contributed by atoms with van der Waals surface area (Å²) in [5.74, 6) is -0.238. The number of phenolic OH excluding ortho intramolecular Hbond substituents is 2. The minimum atomic E-state index is -1.47. The maximum Gasteiger partial charge on any atom is 0.202 e. The first kappa shape index (κ1) is 18.8. The molecule has 27 heavy (non-hydrogen) atoms. The highest BCUT2D eigenvalue weighted by Gasteiger charge is 2.40. The first-order chi connectivity index (χ1) is 12.8. The number of rotatable bonds is 4. The van der Waals surface area contributed by atoms with E-state index < -0.39 is 18.0 Å². The van der Waals surface area contributed by atoms with Gasteiger partial charge in [0.15, 0.2) is 12.2 Å². The van der Waals surface area contributed by atoms with Gasteiger partial charge in [0.1, 0.15) is 28.6 Å². The van der Waals surface area contributed by atoms with E-state index in [1.807, 2.05) is 19.9 Å². The van der Waals surface area contributed by atoms with Gasteiger partial charge in [-0.25, -0.2) is 0 Å². The van der Waals surface area contributed by atoms with Gasteiger partial charge in [-0.1, -0.05) is 23.8 Å². The van der Waals surface area contributed by atoms with Gasteiger partial charge in [-0.2, -0.15) is 0 Å². The molecule has 6 nitrogen and oxygen atoms in total. The van der Waals surface area contributed by atoms with Crippen molar-refractivity contribution in [1.82, 2.24) is 0 Å².